The molecular formula is C16H30N2O. The molecule has 0 aromatic rings. The minimum atomic E-state index is 0.307. The molecule has 2 fully saturated rings. The van der Waals surface area contributed by atoms with Gasteiger partial charge in [0, 0.05) is 32.1 Å². The fraction of sp³-hybridized carbons (Fsp3) is 0.938. The molecule has 3 heteroatoms. The number of likely N-dealkylation sites (N-methyl/N-ethyl adjacent to an activating group) is 1. The summed E-state index contributed by atoms with van der Waals surface area (Å²) in [5.74, 6) is 1.53. The number of carbonyl (C=O) groups is 1. The first-order valence-corrected chi connectivity index (χ1v) is 7.85. The van der Waals surface area contributed by atoms with Crippen molar-refractivity contribution >= 4 is 5.91 Å². The topological polar surface area (TPSA) is 23.6 Å². The number of piperazine rings is 1. The van der Waals surface area contributed by atoms with Gasteiger partial charge in [0.05, 0.1) is 0 Å². The van der Waals surface area contributed by atoms with Gasteiger partial charge in [-0.15, -0.1) is 0 Å². The van der Waals surface area contributed by atoms with Gasteiger partial charge in [-0.25, -0.2) is 0 Å². The monoisotopic (exact) mass is 266 g/mol. The van der Waals surface area contributed by atoms with Crippen molar-refractivity contribution in [3.05, 3.63) is 0 Å². The predicted octanol–water partition coefficient (Wildman–Crippen LogP) is 2.61. The van der Waals surface area contributed by atoms with Crippen molar-refractivity contribution in [2.45, 2.75) is 46.5 Å². The van der Waals surface area contributed by atoms with Gasteiger partial charge in [-0.3, -0.25) is 4.79 Å². The van der Waals surface area contributed by atoms with Gasteiger partial charge in [-0.05, 0) is 44.1 Å². The number of amides is 1. The highest BCUT2D eigenvalue weighted by Gasteiger charge is 2.34. The first kappa shape index (κ1) is 14.8. The molecule has 0 unspecified atom stereocenters. The number of hydrogen-bond donors (Lipinski definition) is 0. The molecule has 0 atom stereocenters. The highest BCUT2D eigenvalue weighted by molar-refractivity contribution is 5.79. The van der Waals surface area contributed by atoms with Crippen LogP contribution in [-0.4, -0.2) is 48.9 Å². The van der Waals surface area contributed by atoms with Gasteiger partial charge in [0.2, 0.25) is 5.91 Å². The third-order valence-corrected chi connectivity index (χ3v) is 5.12. The SMILES string of the molecule is CN1CCN(C(=O)C2CCC(C(C)(C)C)CC2)CC1. The van der Waals surface area contributed by atoms with E-state index in [9.17, 15) is 4.79 Å². The van der Waals surface area contributed by atoms with Crippen molar-refractivity contribution in [3.63, 3.8) is 0 Å². The van der Waals surface area contributed by atoms with Crippen molar-refractivity contribution in [3.8, 4) is 0 Å². The van der Waals surface area contributed by atoms with E-state index >= 15 is 0 Å². The molecule has 1 saturated carbocycles. The summed E-state index contributed by atoms with van der Waals surface area (Å²) < 4.78 is 0. The van der Waals surface area contributed by atoms with E-state index in [0.717, 1.165) is 44.9 Å². The Balaban J connectivity index is 1.82. The lowest BCUT2D eigenvalue weighted by atomic mass is 9.69. The van der Waals surface area contributed by atoms with Gasteiger partial charge in [0.1, 0.15) is 0 Å². The summed E-state index contributed by atoms with van der Waals surface area (Å²) >= 11 is 0. The van der Waals surface area contributed by atoms with E-state index < -0.39 is 0 Å². The van der Waals surface area contributed by atoms with Gasteiger partial charge in [-0.1, -0.05) is 20.8 Å². The van der Waals surface area contributed by atoms with E-state index in [1.807, 2.05) is 0 Å². The zero-order valence-corrected chi connectivity index (χ0v) is 13.1. The van der Waals surface area contributed by atoms with E-state index in [-0.39, 0.29) is 0 Å². The van der Waals surface area contributed by atoms with Crippen LogP contribution in [0.3, 0.4) is 0 Å². The normalized spacial score (nSPS) is 30.4. The van der Waals surface area contributed by atoms with Crippen molar-refractivity contribution in [2.75, 3.05) is 33.2 Å². The average molecular weight is 266 g/mol. The first-order chi connectivity index (χ1) is 8.88. The molecule has 0 bridgehead atoms. The third-order valence-electron chi connectivity index (χ3n) is 5.12. The van der Waals surface area contributed by atoms with E-state index in [4.69, 9.17) is 0 Å². The summed E-state index contributed by atoms with van der Waals surface area (Å²) in [6.45, 7) is 10.9. The maximum atomic E-state index is 12.5. The Bertz CT molecular complexity index is 305. The molecular weight excluding hydrogens is 236 g/mol. The van der Waals surface area contributed by atoms with Crippen LogP contribution < -0.4 is 0 Å². The number of rotatable bonds is 1. The minimum absolute atomic E-state index is 0.307. The van der Waals surface area contributed by atoms with Crippen LogP contribution in [0.25, 0.3) is 0 Å². The van der Waals surface area contributed by atoms with Gasteiger partial charge in [-0.2, -0.15) is 0 Å². The summed E-state index contributed by atoms with van der Waals surface area (Å²) in [6, 6.07) is 0. The summed E-state index contributed by atoms with van der Waals surface area (Å²) in [7, 11) is 2.14. The van der Waals surface area contributed by atoms with Gasteiger partial charge >= 0.3 is 0 Å². The van der Waals surface area contributed by atoms with Crippen LogP contribution in [0.1, 0.15) is 46.5 Å². The van der Waals surface area contributed by atoms with Crippen molar-refractivity contribution in [1.82, 2.24) is 9.80 Å². The second-order valence-corrected chi connectivity index (χ2v) is 7.54. The Kier molecular flexibility index (Phi) is 4.54. The van der Waals surface area contributed by atoms with E-state index in [2.05, 4.69) is 37.6 Å². The van der Waals surface area contributed by atoms with Crippen LogP contribution >= 0.6 is 0 Å². The Labute approximate surface area is 118 Å². The zero-order valence-electron chi connectivity index (χ0n) is 13.1. The number of hydrogen-bond acceptors (Lipinski definition) is 2. The van der Waals surface area contributed by atoms with Crippen molar-refractivity contribution in [2.24, 2.45) is 17.3 Å². The summed E-state index contributed by atoms with van der Waals surface area (Å²) in [5.41, 5.74) is 0.405. The van der Waals surface area contributed by atoms with Crippen LogP contribution in [0.15, 0.2) is 0 Å². The molecule has 0 N–H and O–H groups in total. The standard InChI is InChI=1S/C16H30N2O/c1-16(2,3)14-7-5-13(6-8-14)15(19)18-11-9-17(4)10-12-18/h13-14H,5-12H2,1-4H3. The molecule has 1 saturated heterocycles. The summed E-state index contributed by atoms with van der Waals surface area (Å²) in [4.78, 5) is 16.9. The third kappa shape index (κ3) is 3.71. The Morgan fingerprint density at radius 2 is 1.47 bits per heavy atom. The molecule has 1 aliphatic heterocycles. The molecule has 2 aliphatic rings. The van der Waals surface area contributed by atoms with Gasteiger partial charge in [0.15, 0.2) is 0 Å². The largest absolute Gasteiger partial charge is 0.340 e. The zero-order chi connectivity index (χ0) is 14.0. The van der Waals surface area contributed by atoms with Crippen molar-refractivity contribution in [1.29, 1.82) is 0 Å². The number of nitrogens with zero attached hydrogens (tertiary/aromatic N) is 2. The lowest BCUT2D eigenvalue weighted by Gasteiger charge is -2.39. The first-order valence-electron chi connectivity index (χ1n) is 7.85. The lowest BCUT2D eigenvalue weighted by Crippen LogP contribution is -2.49. The predicted molar refractivity (Wildman–Crippen MR) is 79.0 cm³/mol. The molecule has 1 heterocycles. The molecule has 0 aromatic carbocycles. The lowest BCUT2D eigenvalue weighted by molar-refractivity contribution is -0.138. The molecule has 0 spiro atoms. The molecule has 19 heavy (non-hydrogen) atoms. The van der Waals surface area contributed by atoms with E-state index in [1.165, 1.54) is 12.8 Å². The number of carbonyl (C=O) groups excluding carboxylic acids is 1. The van der Waals surface area contributed by atoms with Crippen LogP contribution in [0, 0.1) is 17.3 Å². The smallest absolute Gasteiger partial charge is 0.225 e. The van der Waals surface area contributed by atoms with Crippen LogP contribution in [0.2, 0.25) is 0 Å². The Morgan fingerprint density at radius 3 is 1.95 bits per heavy atom. The molecule has 2 rings (SSSR count). The highest BCUT2D eigenvalue weighted by Crippen LogP contribution is 2.40. The molecule has 3 nitrogen and oxygen atoms in total. The minimum Gasteiger partial charge on any atom is -0.340 e. The quantitative estimate of drug-likeness (QED) is 0.728. The van der Waals surface area contributed by atoms with Crippen molar-refractivity contribution < 1.29 is 4.79 Å². The van der Waals surface area contributed by atoms with Gasteiger partial charge < -0.3 is 9.80 Å². The van der Waals surface area contributed by atoms with Crippen LogP contribution in [-0.2, 0) is 4.79 Å². The summed E-state index contributed by atoms with van der Waals surface area (Å²) in [6.07, 6.45) is 4.67. The van der Waals surface area contributed by atoms with E-state index in [1.54, 1.807) is 0 Å². The van der Waals surface area contributed by atoms with Crippen LogP contribution in [0.4, 0.5) is 0 Å². The fourth-order valence-corrected chi connectivity index (χ4v) is 3.49. The fourth-order valence-electron chi connectivity index (χ4n) is 3.49. The maximum absolute atomic E-state index is 12.5. The molecule has 0 aromatic heterocycles. The second kappa shape index (κ2) is 5.82. The van der Waals surface area contributed by atoms with E-state index in [0.29, 0.717) is 17.2 Å². The van der Waals surface area contributed by atoms with Crippen LogP contribution in [0.5, 0.6) is 0 Å². The molecule has 1 aliphatic carbocycles. The Hall–Kier alpha value is -0.570. The Morgan fingerprint density at radius 1 is 0.947 bits per heavy atom. The molecule has 0 radical (unpaired) electrons. The summed E-state index contributed by atoms with van der Waals surface area (Å²) in [5, 5.41) is 0. The second-order valence-electron chi connectivity index (χ2n) is 7.54. The molecule has 1 amide bonds. The highest BCUT2D eigenvalue weighted by atomic mass is 16.2. The van der Waals surface area contributed by atoms with Gasteiger partial charge in [0.25, 0.3) is 0 Å². The molecule has 110 valence electrons. The maximum Gasteiger partial charge on any atom is 0.225 e. The average Bonchev–Trinajstić information content (AvgIpc) is 2.38.